The van der Waals surface area contributed by atoms with Gasteiger partial charge in [-0.1, -0.05) is 29.8 Å². The van der Waals surface area contributed by atoms with Gasteiger partial charge in [0.2, 0.25) is 0 Å². The first kappa shape index (κ1) is 17.8. The lowest BCUT2D eigenvalue weighted by molar-refractivity contribution is -0.112. The molecule has 5 nitrogen and oxygen atoms in total. The molecule has 0 unspecified atom stereocenters. The Hall–Kier alpha value is -2.99. The number of amides is 1. The minimum atomic E-state index is -0.841. The number of benzene rings is 2. The maximum Gasteiger partial charge on any atom is 0.296 e. The Bertz CT molecular complexity index is 1000. The third-order valence-corrected chi connectivity index (χ3v) is 4.19. The van der Waals surface area contributed by atoms with Crippen LogP contribution in [0.15, 0.2) is 48.5 Å². The lowest BCUT2D eigenvalue weighted by Crippen LogP contribution is -2.24. The van der Waals surface area contributed by atoms with Gasteiger partial charge in [0.05, 0.1) is 27.7 Å². The molecule has 0 aliphatic carbocycles. The number of rotatable bonds is 4. The molecule has 0 atom stereocenters. The normalized spacial score (nSPS) is 10.6. The van der Waals surface area contributed by atoms with E-state index in [0.717, 1.165) is 11.8 Å². The van der Waals surface area contributed by atoms with Crippen LogP contribution in [0.25, 0.3) is 5.69 Å². The number of carbonyl (C=O) groups excluding carboxylic acids is 2. The summed E-state index contributed by atoms with van der Waals surface area (Å²) in [5.74, 6) is -2.17. The maximum absolute atomic E-state index is 13.2. The van der Waals surface area contributed by atoms with Gasteiger partial charge in [0.15, 0.2) is 0 Å². The van der Waals surface area contributed by atoms with Gasteiger partial charge in [0, 0.05) is 5.69 Å². The number of hydrogen-bond acceptors (Lipinski definition) is 3. The number of aryl methyl sites for hydroxylation is 1. The molecule has 132 valence electrons. The van der Waals surface area contributed by atoms with Crippen LogP contribution >= 0.6 is 11.6 Å². The van der Waals surface area contributed by atoms with Crippen LogP contribution in [0.1, 0.15) is 21.7 Å². The summed E-state index contributed by atoms with van der Waals surface area (Å²) in [5.41, 5.74) is 2.27. The number of ketones is 1. The molecule has 0 saturated carbocycles. The molecule has 2 aromatic carbocycles. The third-order valence-electron chi connectivity index (χ3n) is 3.90. The number of hydrogen-bond donors (Lipinski definition) is 1. The molecule has 0 aliphatic heterocycles. The summed E-state index contributed by atoms with van der Waals surface area (Å²) in [6, 6.07) is 13.0. The third kappa shape index (κ3) is 3.36. The molecule has 1 aromatic heterocycles. The van der Waals surface area contributed by atoms with E-state index in [4.69, 9.17) is 11.6 Å². The highest BCUT2D eigenvalue weighted by atomic mass is 35.5. The largest absolute Gasteiger partial charge is 0.319 e. The van der Waals surface area contributed by atoms with Crippen molar-refractivity contribution in [1.29, 1.82) is 0 Å². The zero-order valence-electron chi connectivity index (χ0n) is 14.1. The predicted molar refractivity (Wildman–Crippen MR) is 97.4 cm³/mol. The van der Waals surface area contributed by atoms with Crippen molar-refractivity contribution < 1.29 is 14.0 Å². The second-order valence-electron chi connectivity index (χ2n) is 5.71. The Morgan fingerprint density at radius 1 is 1.12 bits per heavy atom. The summed E-state index contributed by atoms with van der Waals surface area (Å²) in [6.07, 6.45) is 0. The van der Waals surface area contributed by atoms with Crippen molar-refractivity contribution in [2.75, 3.05) is 5.32 Å². The number of carbonyl (C=O) groups is 2. The fourth-order valence-corrected chi connectivity index (χ4v) is 2.85. The molecule has 0 saturated heterocycles. The lowest BCUT2D eigenvalue weighted by Gasteiger charge is -2.07. The Kier molecular flexibility index (Phi) is 4.86. The lowest BCUT2D eigenvalue weighted by atomic mass is 10.1. The fraction of sp³-hybridized carbons (Fsp3) is 0.105. The van der Waals surface area contributed by atoms with E-state index in [9.17, 15) is 14.0 Å². The van der Waals surface area contributed by atoms with E-state index in [0.29, 0.717) is 11.4 Å². The van der Waals surface area contributed by atoms with Gasteiger partial charge in [0.1, 0.15) is 5.82 Å². The second kappa shape index (κ2) is 7.09. The van der Waals surface area contributed by atoms with Crippen LogP contribution in [-0.2, 0) is 4.79 Å². The molecular formula is C19H15ClFN3O2. The van der Waals surface area contributed by atoms with E-state index >= 15 is 0 Å². The summed E-state index contributed by atoms with van der Waals surface area (Å²) in [4.78, 5) is 24.9. The number of aromatic nitrogens is 2. The average Bonchev–Trinajstić information content (AvgIpc) is 2.92. The fourth-order valence-electron chi connectivity index (χ4n) is 2.67. The SMILES string of the molecule is Cc1nn(-c2ccccc2)c(C)c1C(=O)C(=O)Nc1ccc(F)c(Cl)c1. The summed E-state index contributed by atoms with van der Waals surface area (Å²) in [6.45, 7) is 3.39. The van der Waals surface area contributed by atoms with Crippen LogP contribution in [0, 0.1) is 19.7 Å². The van der Waals surface area contributed by atoms with Crippen LogP contribution in [-0.4, -0.2) is 21.5 Å². The second-order valence-corrected chi connectivity index (χ2v) is 6.11. The number of anilines is 1. The quantitative estimate of drug-likeness (QED) is 0.554. The van der Waals surface area contributed by atoms with Crippen molar-refractivity contribution in [3.8, 4) is 5.69 Å². The topological polar surface area (TPSA) is 64.0 Å². The van der Waals surface area contributed by atoms with Crippen LogP contribution in [0.2, 0.25) is 5.02 Å². The van der Waals surface area contributed by atoms with Crippen molar-refractivity contribution in [1.82, 2.24) is 9.78 Å². The molecule has 26 heavy (non-hydrogen) atoms. The van der Waals surface area contributed by atoms with E-state index in [1.165, 1.54) is 12.1 Å². The Morgan fingerprint density at radius 2 is 1.81 bits per heavy atom. The molecule has 0 fully saturated rings. The van der Waals surface area contributed by atoms with Crippen molar-refractivity contribution >= 4 is 29.0 Å². The van der Waals surface area contributed by atoms with Gasteiger partial charge in [-0.25, -0.2) is 9.07 Å². The predicted octanol–water partition coefficient (Wildman–Crippen LogP) is 4.10. The minimum absolute atomic E-state index is 0.139. The Morgan fingerprint density at radius 3 is 2.46 bits per heavy atom. The molecule has 3 rings (SSSR count). The molecule has 0 bridgehead atoms. The summed E-state index contributed by atoms with van der Waals surface area (Å²) in [7, 11) is 0. The zero-order valence-corrected chi connectivity index (χ0v) is 14.8. The zero-order chi connectivity index (χ0) is 18.8. The van der Waals surface area contributed by atoms with Crippen molar-refractivity contribution in [3.63, 3.8) is 0 Å². The van der Waals surface area contributed by atoms with Gasteiger partial charge in [0.25, 0.3) is 11.7 Å². The van der Waals surface area contributed by atoms with E-state index in [2.05, 4.69) is 10.4 Å². The maximum atomic E-state index is 13.2. The van der Waals surface area contributed by atoms with Crippen molar-refractivity contribution in [2.45, 2.75) is 13.8 Å². The first-order valence-electron chi connectivity index (χ1n) is 7.81. The molecule has 0 spiro atoms. The van der Waals surface area contributed by atoms with Gasteiger partial charge >= 0.3 is 0 Å². The summed E-state index contributed by atoms with van der Waals surface area (Å²) in [5, 5.41) is 6.66. The van der Waals surface area contributed by atoms with Crippen LogP contribution < -0.4 is 5.32 Å². The molecular weight excluding hydrogens is 357 g/mol. The molecule has 1 N–H and O–H groups in total. The van der Waals surface area contributed by atoms with E-state index in [1.54, 1.807) is 18.5 Å². The van der Waals surface area contributed by atoms with E-state index in [-0.39, 0.29) is 16.3 Å². The number of nitrogens with zero attached hydrogens (tertiary/aromatic N) is 2. The van der Waals surface area contributed by atoms with Gasteiger partial charge in [-0.2, -0.15) is 5.10 Å². The highest BCUT2D eigenvalue weighted by Crippen LogP contribution is 2.21. The molecule has 0 aliphatic rings. The standard InChI is InChI=1S/C19H15ClFN3O2/c1-11-17(12(2)24(23-11)14-6-4-3-5-7-14)18(25)19(26)22-13-8-9-16(21)15(20)10-13/h3-10H,1-2H3,(H,22,26). The number of nitrogens with one attached hydrogen (secondary N) is 1. The molecule has 1 heterocycles. The van der Waals surface area contributed by atoms with E-state index in [1.807, 2.05) is 30.3 Å². The highest BCUT2D eigenvalue weighted by molar-refractivity contribution is 6.47. The summed E-state index contributed by atoms with van der Waals surface area (Å²) >= 11 is 5.69. The smallest absolute Gasteiger partial charge is 0.296 e. The van der Waals surface area contributed by atoms with Gasteiger partial charge in [-0.3, -0.25) is 9.59 Å². The number of Topliss-reactive ketones (excluding diaryl/α,β-unsaturated/α-hetero) is 1. The number of para-hydroxylation sites is 1. The van der Waals surface area contributed by atoms with E-state index < -0.39 is 17.5 Å². The van der Waals surface area contributed by atoms with Crippen LogP contribution in [0.3, 0.4) is 0 Å². The monoisotopic (exact) mass is 371 g/mol. The molecule has 0 radical (unpaired) electrons. The van der Waals surface area contributed by atoms with Crippen LogP contribution in [0.5, 0.6) is 0 Å². The summed E-state index contributed by atoms with van der Waals surface area (Å²) < 4.78 is 14.8. The molecule has 7 heteroatoms. The first-order chi connectivity index (χ1) is 12.4. The van der Waals surface area contributed by atoms with Gasteiger partial charge in [-0.05, 0) is 44.2 Å². The van der Waals surface area contributed by atoms with Gasteiger partial charge < -0.3 is 5.32 Å². The number of halogens is 2. The van der Waals surface area contributed by atoms with Gasteiger partial charge in [-0.15, -0.1) is 0 Å². The first-order valence-corrected chi connectivity index (χ1v) is 8.18. The average molecular weight is 372 g/mol. The van der Waals surface area contributed by atoms with Crippen molar-refractivity contribution in [3.05, 3.63) is 76.3 Å². The van der Waals surface area contributed by atoms with Crippen LogP contribution in [0.4, 0.5) is 10.1 Å². The minimum Gasteiger partial charge on any atom is -0.319 e. The Balaban J connectivity index is 1.89. The highest BCUT2D eigenvalue weighted by Gasteiger charge is 2.25. The molecule has 3 aromatic rings. The molecule has 1 amide bonds. The Labute approximate surface area is 154 Å². The van der Waals surface area contributed by atoms with Crippen molar-refractivity contribution in [2.24, 2.45) is 0 Å².